The SMILES string of the molecule is CC1(OC(=O)CCCl)CSCCCO1. The average Bonchev–Trinajstić information content (AvgIpc) is 2.30. The number of alkyl halides is 1. The zero-order valence-electron chi connectivity index (χ0n) is 8.25. The molecule has 5 heteroatoms. The first-order chi connectivity index (χ1) is 6.66. The molecule has 0 aliphatic carbocycles. The molecule has 0 N–H and O–H groups in total. The molecule has 1 unspecified atom stereocenters. The highest BCUT2D eigenvalue weighted by Gasteiger charge is 2.30. The van der Waals surface area contributed by atoms with E-state index in [1.54, 1.807) is 18.7 Å². The second-order valence-electron chi connectivity index (χ2n) is 3.30. The molecule has 1 saturated heterocycles. The lowest BCUT2D eigenvalue weighted by Crippen LogP contribution is -2.37. The van der Waals surface area contributed by atoms with Crippen LogP contribution in [0.25, 0.3) is 0 Å². The Bertz CT molecular complexity index is 190. The van der Waals surface area contributed by atoms with Crippen molar-refractivity contribution in [3.05, 3.63) is 0 Å². The summed E-state index contributed by atoms with van der Waals surface area (Å²) in [6, 6.07) is 0. The van der Waals surface area contributed by atoms with E-state index in [-0.39, 0.29) is 12.4 Å². The summed E-state index contributed by atoms with van der Waals surface area (Å²) in [6.45, 7) is 2.45. The molecule has 0 aromatic carbocycles. The quantitative estimate of drug-likeness (QED) is 0.557. The summed E-state index contributed by atoms with van der Waals surface area (Å²) in [5.41, 5.74) is 0. The molecule has 0 saturated carbocycles. The molecular formula is C9H15ClO3S. The van der Waals surface area contributed by atoms with Crippen LogP contribution in [-0.2, 0) is 14.3 Å². The maximum atomic E-state index is 11.2. The molecule has 14 heavy (non-hydrogen) atoms. The van der Waals surface area contributed by atoms with Gasteiger partial charge in [-0.1, -0.05) is 0 Å². The highest BCUT2D eigenvalue weighted by molar-refractivity contribution is 7.99. The van der Waals surface area contributed by atoms with Gasteiger partial charge in [0.15, 0.2) is 0 Å². The van der Waals surface area contributed by atoms with Crippen LogP contribution in [-0.4, -0.2) is 35.7 Å². The minimum atomic E-state index is -0.760. The van der Waals surface area contributed by atoms with Crippen LogP contribution in [0.2, 0.25) is 0 Å². The van der Waals surface area contributed by atoms with Crippen LogP contribution in [0.15, 0.2) is 0 Å². The Balaban J connectivity index is 2.41. The first kappa shape index (κ1) is 12.1. The van der Waals surface area contributed by atoms with Gasteiger partial charge in [0.25, 0.3) is 0 Å². The molecule has 1 atom stereocenters. The van der Waals surface area contributed by atoms with E-state index in [1.807, 2.05) is 0 Å². The van der Waals surface area contributed by atoms with Crippen LogP contribution >= 0.6 is 23.4 Å². The van der Waals surface area contributed by atoms with Gasteiger partial charge in [-0.05, 0) is 12.2 Å². The molecule has 0 spiro atoms. The first-order valence-electron chi connectivity index (χ1n) is 4.66. The Kier molecular flexibility index (Phi) is 5.06. The molecule has 0 radical (unpaired) electrons. The molecule has 0 amide bonds. The molecule has 1 fully saturated rings. The summed E-state index contributed by atoms with van der Waals surface area (Å²) in [4.78, 5) is 11.2. The largest absolute Gasteiger partial charge is 0.432 e. The van der Waals surface area contributed by atoms with Crippen LogP contribution in [0.3, 0.4) is 0 Å². The first-order valence-corrected chi connectivity index (χ1v) is 6.35. The lowest BCUT2D eigenvalue weighted by atomic mass is 10.3. The van der Waals surface area contributed by atoms with Crippen LogP contribution in [0.5, 0.6) is 0 Å². The Morgan fingerprint density at radius 1 is 1.71 bits per heavy atom. The molecule has 1 rings (SSSR count). The van der Waals surface area contributed by atoms with E-state index in [0.717, 1.165) is 12.2 Å². The molecule has 3 nitrogen and oxygen atoms in total. The fourth-order valence-electron chi connectivity index (χ4n) is 1.18. The summed E-state index contributed by atoms with van der Waals surface area (Å²) in [5, 5.41) is 0. The third-order valence-corrected chi connectivity index (χ3v) is 3.33. The number of carbonyl (C=O) groups is 1. The summed E-state index contributed by atoms with van der Waals surface area (Å²) in [7, 11) is 0. The molecule has 1 aliphatic heterocycles. The van der Waals surface area contributed by atoms with E-state index in [2.05, 4.69) is 0 Å². The average molecular weight is 239 g/mol. The Morgan fingerprint density at radius 3 is 3.21 bits per heavy atom. The molecule has 0 aromatic heterocycles. The van der Waals surface area contributed by atoms with Crippen molar-refractivity contribution in [2.45, 2.75) is 25.6 Å². The molecule has 1 heterocycles. The number of carbonyl (C=O) groups excluding carboxylic acids is 1. The van der Waals surface area contributed by atoms with Crippen LogP contribution < -0.4 is 0 Å². The normalized spacial score (nSPS) is 28.1. The van der Waals surface area contributed by atoms with Crippen molar-refractivity contribution in [1.82, 2.24) is 0 Å². The van der Waals surface area contributed by atoms with Crippen molar-refractivity contribution in [2.24, 2.45) is 0 Å². The number of rotatable bonds is 3. The minimum Gasteiger partial charge on any atom is -0.432 e. The molecule has 82 valence electrons. The van der Waals surface area contributed by atoms with Gasteiger partial charge in [-0.3, -0.25) is 4.79 Å². The van der Waals surface area contributed by atoms with E-state index in [4.69, 9.17) is 21.1 Å². The number of ether oxygens (including phenoxy) is 2. The summed E-state index contributed by atoms with van der Waals surface area (Å²) < 4.78 is 10.7. The number of hydrogen-bond acceptors (Lipinski definition) is 4. The Hall–Kier alpha value is 0.0700. The van der Waals surface area contributed by atoms with Crippen molar-refractivity contribution in [3.63, 3.8) is 0 Å². The van der Waals surface area contributed by atoms with Gasteiger partial charge in [-0.25, -0.2) is 0 Å². The van der Waals surface area contributed by atoms with Gasteiger partial charge < -0.3 is 9.47 Å². The maximum absolute atomic E-state index is 11.2. The molecule has 1 aliphatic rings. The zero-order valence-corrected chi connectivity index (χ0v) is 9.83. The number of thioether (sulfide) groups is 1. The van der Waals surface area contributed by atoms with Crippen molar-refractivity contribution in [2.75, 3.05) is 24.0 Å². The smallest absolute Gasteiger partial charge is 0.309 e. The van der Waals surface area contributed by atoms with Gasteiger partial charge in [0.2, 0.25) is 5.79 Å². The molecular weight excluding hydrogens is 224 g/mol. The van der Waals surface area contributed by atoms with Gasteiger partial charge in [0.05, 0.1) is 18.8 Å². The van der Waals surface area contributed by atoms with Gasteiger partial charge in [0.1, 0.15) is 0 Å². The number of esters is 1. The monoisotopic (exact) mass is 238 g/mol. The van der Waals surface area contributed by atoms with Crippen LogP contribution in [0.1, 0.15) is 19.8 Å². The van der Waals surface area contributed by atoms with E-state index in [0.29, 0.717) is 18.2 Å². The highest BCUT2D eigenvalue weighted by atomic mass is 35.5. The Labute approximate surface area is 93.5 Å². The standard InChI is InChI=1S/C9H15ClO3S/c1-9(13-8(11)3-4-10)7-14-6-2-5-12-9/h2-7H2,1H3. The zero-order chi connectivity index (χ0) is 10.4. The third kappa shape index (κ3) is 4.07. The lowest BCUT2D eigenvalue weighted by molar-refractivity contribution is -0.211. The third-order valence-electron chi connectivity index (χ3n) is 1.83. The fraction of sp³-hybridized carbons (Fsp3) is 0.889. The van der Waals surface area contributed by atoms with Gasteiger partial charge >= 0.3 is 5.97 Å². The molecule has 0 aromatic rings. The highest BCUT2D eigenvalue weighted by Crippen LogP contribution is 2.24. The second kappa shape index (κ2) is 5.83. The van der Waals surface area contributed by atoms with Gasteiger partial charge in [-0.15, -0.1) is 11.6 Å². The van der Waals surface area contributed by atoms with Crippen molar-refractivity contribution in [1.29, 1.82) is 0 Å². The van der Waals surface area contributed by atoms with Crippen molar-refractivity contribution in [3.8, 4) is 0 Å². The van der Waals surface area contributed by atoms with Crippen LogP contribution in [0, 0.1) is 0 Å². The number of halogens is 1. The lowest BCUT2D eigenvalue weighted by Gasteiger charge is -2.27. The van der Waals surface area contributed by atoms with Crippen LogP contribution in [0.4, 0.5) is 0 Å². The minimum absolute atomic E-state index is 0.241. The van der Waals surface area contributed by atoms with E-state index >= 15 is 0 Å². The van der Waals surface area contributed by atoms with Gasteiger partial charge in [-0.2, -0.15) is 11.8 Å². The summed E-state index contributed by atoms with van der Waals surface area (Å²) in [6.07, 6.45) is 1.25. The Morgan fingerprint density at radius 2 is 2.50 bits per heavy atom. The summed E-state index contributed by atoms with van der Waals surface area (Å²) in [5.74, 6) is 1.00. The van der Waals surface area contributed by atoms with E-state index in [9.17, 15) is 4.79 Å². The fourth-order valence-corrected chi connectivity index (χ4v) is 2.31. The topological polar surface area (TPSA) is 35.5 Å². The maximum Gasteiger partial charge on any atom is 0.309 e. The number of hydrogen-bond donors (Lipinski definition) is 0. The predicted molar refractivity (Wildman–Crippen MR) is 57.7 cm³/mol. The van der Waals surface area contributed by atoms with Crippen molar-refractivity contribution >= 4 is 29.3 Å². The van der Waals surface area contributed by atoms with E-state index in [1.165, 1.54) is 0 Å². The van der Waals surface area contributed by atoms with Crippen molar-refractivity contribution < 1.29 is 14.3 Å². The summed E-state index contributed by atoms with van der Waals surface area (Å²) >= 11 is 7.19. The second-order valence-corrected chi connectivity index (χ2v) is 4.78. The molecule has 0 bridgehead atoms. The van der Waals surface area contributed by atoms with Gasteiger partial charge in [0, 0.05) is 12.8 Å². The van der Waals surface area contributed by atoms with E-state index < -0.39 is 5.79 Å². The predicted octanol–water partition coefficient (Wildman–Crippen LogP) is 2.03.